The number of nitrogens with two attached hydrogens (primary N) is 1. The number of hydrogen-bond acceptors (Lipinski definition) is 5. The predicted molar refractivity (Wildman–Crippen MR) is 98.1 cm³/mol. The van der Waals surface area contributed by atoms with Gasteiger partial charge >= 0.3 is 0 Å². The van der Waals surface area contributed by atoms with Crippen molar-refractivity contribution in [1.82, 2.24) is 0 Å². The minimum absolute atomic E-state index is 0.212. The van der Waals surface area contributed by atoms with Crippen LogP contribution in [0.1, 0.15) is 6.42 Å². The number of nitrogens with zero attached hydrogens (tertiary/aromatic N) is 1. The highest BCUT2D eigenvalue weighted by Gasteiger charge is 2.25. The lowest BCUT2D eigenvalue weighted by molar-refractivity contribution is -0.0791. The number of ether oxygens (including phenoxy) is 3. The monoisotopic (exact) mass is 338 g/mol. The van der Waals surface area contributed by atoms with Crippen molar-refractivity contribution in [3.05, 3.63) is 18.2 Å². The summed E-state index contributed by atoms with van der Waals surface area (Å²) < 4.78 is 16.9. The second kappa shape index (κ2) is 8.03. The molecule has 0 bridgehead atoms. The molecular formula is C17H30N2O3Si. The van der Waals surface area contributed by atoms with Gasteiger partial charge in [0.1, 0.15) is 12.5 Å². The molecule has 0 aromatic heterocycles. The number of rotatable bonds is 8. The molecule has 1 heterocycles. The Labute approximate surface area is 140 Å². The largest absolute Gasteiger partial charge is 0.495 e. The number of hydrogen-bond donors (Lipinski definition) is 1. The van der Waals surface area contributed by atoms with Crippen molar-refractivity contribution in [2.45, 2.75) is 38.2 Å². The fourth-order valence-corrected chi connectivity index (χ4v) is 3.38. The van der Waals surface area contributed by atoms with Crippen LogP contribution in [0.5, 0.6) is 5.75 Å². The highest BCUT2D eigenvalue weighted by molar-refractivity contribution is 6.76. The first-order chi connectivity index (χ1) is 10.9. The van der Waals surface area contributed by atoms with Gasteiger partial charge in [0.25, 0.3) is 0 Å². The molecule has 0 aliphatic carbocycles. The maximum Gasteiger partial charge on any atom is 0.147 e. The molecule has 1 unspecified atom stereocenters. The van der Waals surface area contributed by atoms with Crippen LogP contribution in [0.25, 0.3) is 0 Å². The molecule has 6 heteroatoms. The lowest BCUT2D eigenvalue weighted by Crippen LogP contribution is -2.25. The van der Waals surface area contributed by atoms with E-state index in [2.05, 4.69) is 24.5 Å². The van der Waals surface area contributed by atoms with Crippen LogP contribution in [0.2, 0.25) is 25.7 Å². The van der Waals surface area contributed by atoms with Gasteiger partial charge in [-0.05, 0) is 24.6 Å². The van der Waals surface area contributed by atoms with Crippen molar-refractivity contribution in [1.29, 1.82) is 0 Å². The number of anilines is 2. The van der Waals surface area contributed by atoms with Gasteiger partial charge in [0.05, 0.1) is 18.9 Å². The summed E-state index contributed by atoms with van der Waals surface area (Å²) in [5.74, 6) is 0.817. The van der Waals surface area contributed by atoms with E-state index in [1.807, 2.05) is 18.2 Å². The van der Waals surface area contributed by atoms with Gasteiger partial charge in [0.2, 0.25) is 0 Å². The Morgan fingerprint density at radius 1 is 1.30 bits per heavy atom. The van der Waals surface area contributed by atoms with E-state index in [4.69, 9.17) is 19.9 Å². The van der Waals surface area contributed by atoms with Crippen LogP contribution in [0.15, 0.2) is 18.2 Å². The quantitative estimate of drug-likeness (QED) is 0.341. The van der Waals surface area contributed by atoms with Crippen LogP contribution in [-0.2, 0) is 9.47 Å². The molecule has 1 aliphatic rings. The van der Waals surface area contributed by atoms with Crippen molar-refractivity contribution < 1.29 is 14.2 Å². The smallest absolute Gasteiger partial charge is 0.147 e. The molecule has 23 heavy (non-hydrogen) atoms. The maximum atomic E-state index is 5.85. The van der Waals surface area contributed by atoms with E-state index in [0.29, 0.717) is 12.5 Å². The first kappa shape index (κ1) is 18.1. The third kappa shape index (κ3) is 5.71. The van der Waals surface area contributed by atoms with E-state index in [0.717, 1.165) is 37.6 Å². The van der Waals surface area contributed by atoms with Crippen LogP contribution in [0.3, 0.4) is 0 Å². The molecule has 0 radical (unpaired) electrons. The van der Waals surface area contributed by atoms with E-state index < -0.39 is 8.07 Å². The zero-order chi connectivity index (χ0) is 16.9. The second-order valence-electron chi connectivity index (χ2n) is 7.29. The van der Waals surface area contributed by atoms with Gasteiger partial charge in [-0.15, -0.1) is 0 Å². The van der Waals surface area contributed by atoms with Crippen molar-refractivity contribution in [3.63, 3.8) is 0 Å². The molecule has 1 aromatic carbocycles. The summed E-state index contributed by atoms with van der Waals surface area (Å²) in [6, 6.07) is 6.96. The summed E-state index contributed by atoms with van der Waals surface area (Å²) in [5.41, 5.74) is 7.61. The zero-order valence-electron chi connectivity index (χ0n) is 14.8. The molecule has 130 valence electrons. The summed E-state index contributed by atoms with van der Waals surface area (Å²) >= 11 is 0. The Hall–Kier alpha value is -1.24. The van der Waals surface area contributed by atoms with E-state index in [9.17, 15) is 0 Å². The van der Waals surface area contributed by atoms with Gasteiger partial charge in [0.15, 0.2) is 0 Å². The van der Waals surface area contributed by atoms with Gasteiger partial charge in [0, 0.05) is 39.5 Å². The zero-order valence-corrected chi connectivity index (χ0v) is 15.8. The van der Waals surface area contributed by atoms with E-state index in [1.54, 1.807) is 7.11 Å². The van der Waals surface area contributed by atoms with E-state index in [-0.39, 0.29) is 6.10 Å². The summed E-state index contributed by atoms with van der Waals surface area (Å²) in [6.07, 6.45) is 1.22. The molecule has 0 saturated carbocycles. The SMILES string of the molecule is COc1cc(N)ccc1N1CCC(OCOCC[Si](C)(C)C)C1. The second-order valence-corrected chi connectivity index (χ2v) is 12.9. The van der Waals surface area contributed by atoms with Crippen LogP contribution in [0, 0.1) is 0 Å². The topological polar surface area (TPSA) is 57.0 Å². The van der Waals surface area contributed by atoms with E-state index >= 15 is 0 Å². The predicted octanol–water partition coefficient (Wildman–Crippen LogP) is 3.19. The van der Waals surface area contributed by atoms with Crippen molar-refractivity contribution in [2.75, 3.05) is 44.2 Å². The molecule has 0 spiro atoms. The first-order valence-corrected chi connectivity index (χ1v) is 12.0. The average Bonchev–Trinajstić information content (AvgIpc) is 2.94. The normalized spacial score (nSPS) is 18.4. The lowest BCUT2D eigenvalue weighted by atomic mass is 10.2. The Kier molecular flexibility index (Phi) is 6.32. The third-order valence-electron chi connectivity index (χ3n) is 4.07. The Bertz CT molecular complexity index is 505. The summed E-state index contributed by atoms with van der Waals surface area (Å²) in [7, 11) is 0.653. The van der Waals surface area contributed by atoms with Crippen LogP contribution >= 0.6 is 0 Å². The molecule has 1 aromatic rings. The molecule has 0 amide bonds. The molecule has 1 aliphatic heterocycles. The molecular weight excluding hydrogens is 308 g/mol. The summed E-state index contributed by atoms with van der Waals surface area (Å²) in [6.45, 7) is 10.1. The fourth-order valence-electron chi connectivity index (χ4n) is 2.62. The lowest BCUT2D eigenvalue weighted by Gasteiger charge is -2.21. The minimum Gasteiger partial charge on any atom is -0.495 e. The minimum atomic E-state index is -1.02. The highest BCUT2D eigenvalue weighted by atomic mass is 28.3. The maximum absolute atomic E-state index is 5.85. The van der Waals surface area contributed by atoms with Crippen molar-refractivity contribution in [2.24, 2.45) is 0 Å². The summed E-state index contributed by atoms with van der Waals surface area (Å²) in [5, 5.41) is 0. The van der Waals surface area contributed by atoms with Crippen molar-refractivity contribution >= 4 is 19.4 Å². The Morgan fingerprint density at radius 3 is 2.78 bits per heavy atom. The Balaban J connectivity index is 1.76. The van der Waals surface area contributed by atoms with Gasteiger partial charge in [-0.3, -0.25) is 0 Å². The van der Waals surface area contributed by atoms with Gasteiger partial charge in [-0.2, -0.15) is 0 Å². The fraction of sp³-hybridized carbons (Fsp3) is 0.647. The molecule has 1 saturated heterocycles. The highest BCUT2D eigenvalue weighted by Crippen LogP contribution is 2.33. The number of benzene rings is 1. The van der Waals surface area contributed by atoms with Crippen LogP contribution in [0.4, 0.5) is 11.4 Å². The first-order valence-electron chi connectivity index (χ1n) is 8.27. The Morgan fingerprint density at radius 2 is 2.09 bits per heavy atom. The van der Waals surface area contributed by atoms with Gasteiger partial charge in [-0.1, -0.05) is 19.6 Å². The van der Waals surface area contributed by atoms with Gasteiger partial charge in [-0.25, -0.2) is 0 Å². The number of nitrogen functional groups attached to an aromatic ring is 1. The standard InChI is InChI=1S/C17H30N2O3Si/c1-20-17-11-14(18)5-6-16(17)19-8-7-15(12-19)22-13-21-9-10-23(2,3)4/h5-6,11,15H,7-10,12-13,18H2,1-4H3. The van der Waals surface area contributed by atoms with Gasteiger partial charge < -0.3 is 24.8 Å². The molecule has 2 N–H and O–H groups in total. The molecule has 1 fully saturated rings. The summed E-state index contributed by atoms with van der Waals surface area (Å²) in [4.78, 5) is 2.28. The van der Waals surface area contributed by atoms with E-state index in [1.165, 1.54) is 6.04 Å². The van der Waals surface area contributed by atoms with Crippen LogP contribution in [-0.4, -0.2) is 47.8 Å². The molecule has 2 rings (SSSR count). The molecule has 1 atom stereocenters. The third-order valence-corrected chi connectivity index (χ3v) is 5.78. The number of methoxy groups -OCH3 is 1. The molecule has 5 nitrogen and oxygen atoms in total. The van der Waals surface area contributed by atoms with Crippen molar-refractivity contribution in [3.8, 4) is 5.75 Å². The average molecular weight is 339 g/mol. The van der Waals surface area contributed by atoms with Crippen LogP contribution < -0.4 is 15.4 Å².